The molecule has 0 aliphatic carbocycles. The molecule has 0 spiro atoms. The molecule has 0 amide bonds. The topological polar surface area (TPSA) is 110 Å². The van der Waals surface area contributed by atoms with Gasteiger partial charge in [-0.1, -0.05) is 13.8 Å². The van der Waals surface area contributed by atoms with E-state index in [0.717, 1.165) is 0 Å². The van der Waals surface area contributed by atoms with Crippen LogP contribution in [-0.2, 0) is 10.2 Å². The normalized spacial score (nSPS) is 13.3. The highest BCUT2D eigenvalue weighted by Gasteiger charge is 2.15. The zero-order valence-corrected chi connectivity index (χ0v) is 8.11. The highest BCUT2D eigenvalue weighted by Crippen LogP contribution is 2.09. The van der Waals surface area contributed by atoms with Crippen molar-refractivity contribution in [1.29, 1.82) is 0 Å². The summed E-state index contributed by atoms with van der Waals surface area (Å²) in [5.74, 6) is 0. The van der Waals surface area contributed by atoms with Crippen LogP contribution in [0.3, 0.4) is 0 Å². The van der Waals surface area contributed by atoms with Crippen LogP contribution in [0, 0.1) is 5.41 Å². The molecule has 74 valence electrons. The van der Waals surface area contributed by atoms with E-state index in [9.17, 15) is 8.42 Å². The molecule has 0 aromatic carbocycles. The van der Waals surface area contributed by atoms with Crippen LogP contribution >= 0.6 is 0 Å². The van der Waals surface area contributed by atoms with Gasteiger partial charge in [0.1, 0.15) is 0 Å². The lowest BCUT2D eigenvalue weighted by Crippen LogP contribution is -2.47. The first-order valence-corrected chi connectivity index (χ1v) is 5.04. The SMILES string of the molecule is CC(C)(CN)CNNS(N)(=O)=O. The van der Waals surface area contributed by atoms with Crippen LogP contribution in [0.25, 0.3) is 0 Å². The number of rotatable bonds is 5. The second kappa shape index (κ2) is 4.15. The molecule has 0 heterocycles. The largest absolute Gasteiger partial charge is 0.330 e. The predicted molar refractivity (Wildman–Crippen MR) is 47.1 cm³/mol. The van der Waals surface area contributed by atoms with Gasteiger partial charge in [-0.05, 0) is 12.0 Å². The Balaban J connectivity index is 3.72. The lowest BCUT2D eigenvalue weighted by atomic mass is 9.94. The quantitative estimate of drug-likeness (QED) is 0.391. The van der Waals surface area contributed by atoms with Gasteiger partial charge in [0.15, 0.2) is 0 Å². The zero-order valence-electron chi connectivity index (χ0n) is 7.29. The molecule has 0 fully saturated rings. The number of hydrazine groups is 1. The summed E-state index contributed by atoms with van der Waals surface area (Å²) in [5.41, 5.74) is 7.73. The van der Waals surface area contributed by atoms with Gasteiger partial charge >= 0.3 is 0 Å². The van der Waals surface area contributed by atoms with E-state index in [0.29, 0.717) is 13.1 Å². The maximum absolute atomic E-state index is 10.4. The summed E-state index contributed by atoms with van der Waals surface area (Å²) in [6, 6.07) is 0. The Morgan fingerprint density at radius 3 is 2.25 bits per heavy atom. The summed E-state index contributed by atoms with van der Waals surface area (Å²) in [4.78, 5) is 1.96. The standard InChI is InChI=1S/C5H16N4O2S/c1-5(2,3-6)4-8-9-12(7,10)11/h8-9H,3-4,6H2,1-2H3,(H2,7,10,11). The van der Waals surface area contributed by atoms with E-state index < -0.39 is 10.2 Å². The molecule has 0 saturated carbocycles. The summed E-state index contributed by atoms with van der Waals surface area (Å²) in [6.07, 6.45) is 0. The Morgan fingerprint density at radius 2 is 1.92 bits per heavy atom. The van der Waals surface area contributed by atoms with Crippen molar-refractivity contribution in [3.63, 3.8) is 0 Å². The van der Waals surface area contributed by atoms with Crippen molar-refractivity contribution >= 4 is 10.2 Å². The van der Waals surface area contributed by atoms with Crippen LogP contribution in [0.2, 0.25) is 0 Å². The fourth-order valence-corrected chi connectivity index (χ4v) is 0.721. The first-order chi connectivity index (χ1) is 5.27. The lowest BCUT2D eigenvalue weighted by molar-refractivity contribution is 0.345. The summed E-state index contributed by atoms with van der Waals surface area (Å²) in [7, 11) is -3.66. The zero-order chi connectivity index (χ0) is 9.83. The molecule has 6 N–H and O–H groups in total. The van der Waals surface area contributed by atoms with Gasteiger partial charge < -0.3 is 5.73 Å². The van der Waals surface area contributed by atoms with Gasteiger partial charge in [0.05, 0.1) is 0 Å². The maximum atomic E-state index is 10.4. The number of nitrogens with two attached hydrogens (primary N) is 2. The average molecular weight is 196 g/mol. The number of nitrogens with one attached hydrogen (secondary N) is 2. The lowest BCUT2D eigenvalue weighted by Gasteiger charge is -2.22. The molecule has 0 atom stereocenters. The summed E-state index contributed by atoms with van der Waals surface area (Å²) < 4.78 is 20.8. The van der Waals surface area contributed by atoms with Gasteiger partial charge in [-0.15, -0.1) is 4.83 Å². The van der Waals surface area contributed by atoms with E-state index in [1.807, 2.05) is 18.7 Å². The van der Waals surface area contributed by atoms with E-state index in [4.69, 9.17) is 5.73 Å². The van der Waals surface area contributed by atoms with Crippen LogP contribution in [0.4, 0.5) is 0 Å². The van der Waals surface area contributed by atoms with E-state index in [2.05, 4.69) is 10.6 Å². The second-order valence-electron chi connectivity index (χ2n) is 3.37. The third-order valence-corrected chi connectivity index (χ3v) is 1.76. The van der Waals surface area contributed by atoms with Gasteiger partial charge in [-0.2, -0.15) is 8.42 Å². The van der Waals surface area contributed by atoms with Crippen molar-refractivity contribution in [2.75, 3.05) is 13.1 Å². The Labute approximate surface area is 72.8 Å². The van der Waals surface area contributed by atoms with Crippen molar-refractivity contribution in [3.05, 3.63) is 0 Å². The highest BCUT2D eigenvalue weighted by atomic mass is 32.2. The monoisotopic (exact) mass is 196 g/mol. The number of hydrogen-bond donors (Lipinski definition) is 4. The Kier molecular flexibility index (Phi) is 4.08. The summed E-state index contributed by atoms with van der Waals surface area (Å²) in [5, 5.41) is 4.67. The van der Waals surface area contributed by atoms with Crippen LogP contribution < -0.4 is 21.1 Å². The maximum Gasteiger partial charge on any atom is 0.287 e. The summed E-state index contributed by atoms with van der Waals surface area (Å²) in [6.45, 7) is 4.71. The molecule has 6 nitrogen and oxygen atoms in total. The van der Waals surface area contributed by atoms with Crippen LogP contribution in [0.1, 0.15) is 13.8 Å². The third kappa shape index (κ3) is 6.50. The predicted octanol–water partition coefficient (Wildman–Crippen LogP) is -1.73. The molecular weight excluding hydrogens is 180 g/mol. The fourth-order valence-electron chi connectivity index (χ4n) is 0.448. The minimum absolute atomic E-state index is 0.155. The molecule has 12 heavy (non-hydrogen) atoms. The van der Waals surface area contributed by atoms with Gasteiger partial charge in [0, 0.05) is 6.54 Å². The van der Waals surface area contributed by atoms with Gasteiger partial charge in [-0.25, -0.2) is 10.6 Å². The smallest absolute Gasteiger partial charge is 0.287 e. The van der Waals surface area contributed by atoms with Crippen molar-refractivity contribution in [3.8, 4) is 0 Å². The molecule has 0 rings (SSSR count). The Bertz CT molecular complexity index is 224. The highest BCUT2D eigenvalue weighted by molar-refractivity contribution is 7.87. The first-order valence-electron chi connectivity index (χ1n) is 3.49. The minimum atomic E-state index is -3.66. The van der Waals surface area contributed by atoms with Gasteiger partial charge in [-0.3, -0.25) is 0 Å². The molecule has 0 aromatic rings. The number of hydrogen-bond acceptors (Lipinski definition) is 4. The third-order valence-electron chi connectivity index (χ3n) is 1.33. The molecule has 0 aliphatic rings. The van der Waals surface area contributed by atoms with Crippen molar-refractivity contribution in [2.45, 2.75) is 13.8 Å². The second-order valence-corrected chi connectivity index (χ2v) is 4.66. The minimum Gasteiger partial charge on any atom is -0.330 e. The van der Waals surface area contributed by atoms with E-state index in [1.165, 1.54) is 0 Å². The molecule has 7 heteroatoms. The van der Waals surface area contributed by atoms with Crippen LogP contribution in [-0.4, -0.2) is 21.5 Å². The molecular formula is C5H16N4O2S. The molecule has 0 aliphatic heterocycles. The van der Waals surface area contributed by atoms with Crippen LogP contribution in [0.15, 0.2) is 0 Å². The van der Waals surface area contributed by atoms with Gasteiger partial charge in [0.2, 0.25) is 0 Å². The summed E-state index contributed by atoms with van der Waals surface area (Å²) >= 11 is 0. The van der Waals surface area contributed by atoms with E-state index in [1.54, 1.807) is 0 Å². The molecule has 0 unspecified atom stereocenters. The molecule has 0 aromatic heterocycles. The van der Waals surface area contributed by atoms with Crippen molar-refractivity contribution in [1.82, 2.24) is 10.3 Å². The molecule has 0 saturated heterocycles. The van der Waals surface area contributed by atoms with Crippen molar-refractivity contribution < 1.29 is 8.42 Å². The fraction of sp³-hybridized carbons (Fsp3) is 1.00. The van der Waals surface area contributed by atoms with Crippen LogP contribution in [0.5, 0.6) is 0 Å². The Hall–Kier alpha value is -0.210. The Morgan fingerprint density at radius 1 is 1.42 bits per heavy atom. The van der Waals surface area contributed by atoms with E-state index >= 15 is 0 Å². The molecule has 0 bridgehead atoms. The molecule has 0 radical (unpaired) electrons. The van der Waals surface area contributed by atoms with Gasteiger partial charge in [0.25, 0.3) is 10.2 Å². The van der Waals surface area contributed by atoms with Crippen molar-refractivity contribution in [2.24, 2.45) is 16.3 Å². The average Bonchev–Trinajstić information content (AvgIpc) is 1.84. The first kappa shape index (κ1) is 11.8. The van der Waals surface area contributed by atoms with E-state index in [-0.39, 0.29) is 5.41 Å².